The van der Waals surface area contributed by atoms with Crippen LogP contribution in [0.4, 0.5) is 0 Å². The quantitative estimate of drug-likeness (QED) is 0.760. The summed E-state index contributed by atoms with van der Waals surface area (Å²) in [6.45, 7) is 7.48. The van der Waals surface area contributed by atoms with Crippen molar-refractivity contribution in [1.29, 1.82) is 0 Å². The molecule has 0 aromatic carbocycles. The SMILES string of the molecule is Cc1nc(C2CNCCN2C)c(C)s1. The number of aryl methyl sites for hydroxylation is 2. The Kier molecular flexibility index (Phi) is 2.85. The summed E-state index contributed by atoms with van der Waals surface area (Å²) in [7, 11) is 2.18. The predicted molar refractivity (Wildman–Crippen MR) is 59.8 cm³/mol. The maximum absolute atomic E-state index is 4.62. The minimum Gasteiger partial charge on any atom is -0.313 e. The first-order valence-electron chi connectivity index (χ1n) is 5.03. The maximum atomic E-state index is 4.62. The normalized spacial score (nSPS) is 24.1. The molecule has 78 valence electrons. The number of thiazole rings is 1. The highest BCUT2D eigenvalue weighted by molar-refractivity contribution is 7.11. The zero-order valence-corrected chi connectivity index (χ0v) is 9.82. The van der Waals surface area contributed by atoms with Gasteiger partial charge in [0.15, 0.2) is 0 Å². The molecule has 3 nitrogen and oxygen atoms in total. The van der Waals surface area contributed by atoms with Gasteiger partial charge >= 0.3 is 0 Å². The average Bonchev–Trinajstić information content (AvgIpc) is 2.46. The Labute approximate surface area is 89.1 Å². The van der Waals surface area contributed by atoms with Gasteiger partial charge in [-0.3, -0.25) is 4.90 Å². The standard InChI is InChI=1S/C10H17N3S/c1-7-10(12-8(2)14-7)9-6-11-4-5-13(9)3/h9,11H,4-6H2,1-3H3. The number of hydrogen-bond acceptors (Lipinski definition) is 4. The molecule has 1 aromatic rings. The lowest BCUT2D eigenvalue weighted by Crippen LogP contribution is -2.44. The molecule has 0 saturated carbocycles. The van der Waals surface area contributed by atoms with Crippen LogP contribution in [0.3, 0.4) is 0 Å². The van der Waals surface area contributed by atoms with Crippen molar-refractivity contribution in [2.24, 2.45) is 0 Å². The average molecular weight is 211 g/mol. The molecule has 2 heterocycles. The molecule has 14 heavy (non-hydrogen) atoms. The van der Waals surface area contributed by atoms with Gasteiger partial charge in [0.25, 0.3) is 0 Å². The molecule has 0 amide bonds. The number of rotatable bonds is 1. The molecule has 1 N–H and O–H groups in total. The summed E-state index contributed by atoms with van der Waals surface area (Å²) in [6, 6.07) is 0.466. The molecule has 4 heteroatoms. The number of aromatic nitrogens is 1. The van der Waals surface area contributed by atoms with E-state index in [0.717, 1.165) is 19.6 Å². The van der Waals surface area contributed by atoms with Gasteiger partial charge in [0, 0.05) is 24.5 Å². The summed E-state index contributed by atoms with van der Waals surface area (Å²) >= 11 is 1.80. The number of hydrogen-bond donors (Lipinski definition) is 1. The Morgan fingerprint density at radius 3 is 2.86 bits per heavy atom. The molecule has 1 aromatic heterocycles. The summed E-state index contributed by atoms with van der Waals surface area (Å²) in [6.07, 6.45) is 0. The molecule has 2 rings (SSSR count). The fourth-order valence-corrected chi connectivity index (χ4v) is 2.84. The smallest absolute Gasteiger partial charge is 0.0900 e. The van der Waals surface area contributed by atoms with Crippen LogP contribution in [0, 0.1) is 13.8 Å². The zero-order chi connectivity index (χ0) is 10.1. The highest BCUT2D eigenvalue weighted by atomic mass is 32.1. The molecule has 1 unspecified atom stereocenters. The Hall–Kier alpha value is -0.450. The fourth-order valence-electron chi connectivity index (χ4n) is 1.97. The lowest BCUT2D eigenvalue weighted by atomic mass is 10.1. The summed E-state index contributed by atoms with van der Waals surface area (Å²) in [5.74, 6) is 0. The molecule has 0 spiro atoms. The second-order valence-corrected chi connectivity index (χ2v) is 5.28. The van der Waals surface area contributed by atoms with Crippen molar-refractivity contribution < 1.29 is 0 Å². The topological polar surface area (TPSA) is 28.2 Å². The Morgan fingerprint density at radius 2 is 2.29 bits per heavy atom. The molecule has 1 saturated heterocycles. The summed E-state index contributed by atoms with van der Waals surface area (Å²) in [5.41, 5.74) is 1.27. The van der Waals surface area contributed by atoms with Crippen molar-refractivity contribution in [2.45, 2.75) is 19.9 Å². The van der Waals surface area contributed by atoms with Crippen LogP contribution < -0.4 is 5.32 Å². The second-order valence-electron chi connectivity index (χ2n) is 3.87. The van der Waals surface area contributed by atoms with Crippen molar-refractivity contribution in [3.8, 4) is 0 Å². The second kappa shape index (κ2) is 3.96. The van der Waals surface area contributed by atoms with Crippen LogP contribution in [0.5, 0.6) is 0 Å². The van der Waals surface area contributed by atoms with E-state index in [0.29, 0.717) is 6.04 Å². The van der Waals surface area contributed by atoms with E-state index in [1.807, 2.05) is 0 Å². The highest BCUT2D eigenvalue weighted by Gasteiger charge is 2.24. The molecular weight excluding hydrogens is 194 g/mol. The van der Waals surface area contributed by atoms with E-state index in [4.69, 9.17) is 0 Å². The lowest BCUT2D eigenvalue weighted by molar-refractivity contribution is 0.198. The third kappa shape index (κ3) is 1.82. The predicted octanol–water partition coefficient (Wildman–Crippen LogP) is 1.34. The van der Waals surface area contributed by atoms with Gasteiger partial charge in [0.05, 0.1) is 16.7 Å². The number of piperazine rings is 1. The van der Waals surface area contributed by atoms with E-state index in [-0.39, 0.29) is 0 Å². The fraction of sp³-hybridized carbons (Fsp3) is 0.700. The molecule has 0 aliphatic carbocycles. The largest absolute Gasteiger partial charge is 0.313 e. The molecule has 1 aliphatic rings. The number of nitrogens with zero attached hydrogens (tertiary/aromatic N) is 2. The number of nitrogens with one attached hydrogen (secondary N) is 1. The summed E-state index contributed by atoms with van der Waals surface area (Å²) in [5, 5.41) is 4.60. The van der Waals surface area contributed by atoms with E-state index in [1.54, 1.807) is 11.3 Å². The van der Waals surface area contributed by atoms with E-state index in [9.17, 15) is 0 Å². The van der Waals surface area contributed by atoms with Gasteiger partial charge in [-0.2, -0.15) is 0 Å². The van der Waals surface area contributed by atoms with Crippen LogP contribution in [0.1, 0.15) is 21.6 Å². The van der Waals surface area contributed by atoms with Gasteiger partial charge in [-0.1, -0.05) is 0 Å². The first-order valence-corrected chi connectivity index (χ1v) is 5.85. The number of likely N-dealkylation sites (N-methyl/N-ethyl adjacent to an activating group) is 1. The van der Waals surface area contributed by atoms with Crippen LogP contribution in [0.2, 0.25) is 0 Å². The van der Waals surface area contributed by atoms with Crippen molar-refractivity contribution in [2.75, 3.05) is 26.7 Å². The monoisotopic (exact) mass is 211 g/mol. The zero-order valence-electron chi connectivity index (χ0n) is 9.00. The van der Waals surface area contributed by atoms with Crippen LogP contribution in [-0.2, 0) is 0 Å². The third-order valence-electron chi connectivity index (χ3n) is 2.77. The van der Waals surface area contributed by atoms with Crippen molar-refractivity contribution in [1.82, 2.24) is 15.2 Å². The highest BCUT2D eigenvalue weighted by Crippen LogP contribution is 2.26. The van der Waals surface area contributed by atoms with Gasteiger partial charge in [-0.25, -0.2) is 4.98 Å². The molecule has 1 atom stereocenters. The van der Waals surface area contributed by atoms with Crippen LogP contribution in [-0.4, -0.2) is 36.6 Å². The Balaban J connectivity index is 2.24. The van der Waals surface area contributed by atoms with Gasteiger partial charge in [0.1, 0.15) is 0 Å². The van der Waals surface area contributed by atoms with Gasteiger partial charge in [-0.15, -0.1) is 11.3 Å². The van der Waals surface area contributed by atoms with Crippen molar-refractivity contribution in [3.05, 3.63) is 15.6 Å². The first-order chi connectivity index (χ1) is 6.68. The summed E-state index contributed by atoms with van der Waals surface area (Å²) in [4.78, 5) is 8.37. The summed E-state index contributed by atoms with van der Waals surface area (Å²) < 4.78 is 0. The molecule has 1 fully saturated rings. The minimum absolute atomic E-state index is 0.466. The van der Waals surface area contributed by atoms with E-state index in [2.05, 4.69) is 36.1 Å². The van der Waals surface area contributed by atoms with Crippen LogP contribution in [0.15, 0.2) is 0 Å². The van der Waals surface area contributed by atoms with Crippen LogP contribution >= 0.6 is 11.3 Å². The minimum atomic E-state index is 0.466. The lowest BCUT2D eigenvalue weighted by Gasteiger charge is -2.32. The Morgan fingerprint density at radius 1 is 1.50 bits per heavy atom. The van der Waals surface area contributed by atoms with Gasteiger partial charge < -0.3 is 5.32 Å². The van der Waals surface area contributed by atoms with Crippen molar-refractivity contribution in [3.63, 3.8) is 0 Å². The van der Waals surface area contributed by atoms with E-state index in [1.165, 1.54) is 15.6 Å². The molecule has 1 aliphatic heterocycles. The van der Waals surface area contributed by atoms with Gasteiger partial charge in [-0.05, 0) is 20.9 Å². The van der Waals surface area contributed by atoms with E-state index < -0.39 is 0 Å². The van der Waals surface area contributed by atoms with E-state index >= 15 is 0 Å². The van der Waals surface area contributed by atoms with Crippen LogP contribution in [0.25, 0.3) is 0 Å². The van der Waals surface area contributed by atoms with Crippen molar-refractivity contribution >= 4 is 11.3 Å². The maximum Gasteiger partial charge on any atom is 0.0900 e. The Bertz CT molecular complexity index is 321. The first kappa shape index (κ1) is 10.1. The molecule has 0 bridgehead atoms. The third-order valence-corrected chi connectivity index (χ3v) is 3.67. The van der Waals surface area contributed by atoms with Gasteiger partial charge in [0.2, 0.25) is 0 Å². The molecular formula is C10H17N3S. The molecule has 0 radical (unpaired) electrons.